The minimum atomic E-state index is -0.574. The van der Waals surface area contributed by atoms with E-state index in [2.05, 4.69) is 11.6 Å². The molecule has 3 aliphatic rings. The van der Waals surface area contributed by atoms with Gasteiger partial charge >= 0.3 is 5.97 Å². The van der Waals surface area contributed by atoms with Gasteiger partial charge in [-0.1, -0.05) is 42.6 Å². The third-order valence-electron chi connectivity index (χ3n) is 6.40. The monoisotopic (exact) mass is 510 g/mol. The van der Waals surface area contributed by atoms with Crippen LogP contribution in [0.25, 0.3) is 0 Å². The molecule has 4 rings (SSSR count). The van der Waals surface area contributed by atoms with Gasteiger partial charge in [-0.05, 0) is 18.4 Å². The fourth-order valence-corrected chi connectivity index (χ4v) is 5.53. The topological polar surface area (TPSA) is 91.8 Å². The molecule has 0 aliphatic carbocycles. The Bertz CT molecular complexity index is 1170. The zero-order chi connectivity index (χ0) is 25.8. The molecule has 1 atom stereocenters. The molecule has 10 heteroatoms. The number of amides is 2. The predicted molar refractivity (Wildman–Crippen MR) is 138 cm³/mol. The maximum Gasteiger partial charge on any atom is 0.338 e. The summed E-state index contributed by atoms with van der Waals surface area (Å²) in [6.07, 6.45) is 1.66. The molecule has 0 saturated carbocycles. The van der Waals surface area contributed by atoms with Gasteiger partial charge in [0.25, 0.3) is 0 Å². The van der Waals surface area contributed by atoms with E-state index in [1.165, 1.54) is 17.8 Å². The van der Waals surface area contributed by atoms with E-state index in [1.807, 2.05) is 34.6 Å². The number of fused-ring (bicyclic) bond motifs is 1. The van der Waals surface area contributed by atoms with Gasteiger partial charge < -0.3 is 24.2 Å². The molecule has 1 aromatic rings. The van der Waals surface area contributed by atoms with Crippen LogP contribution in [0.4, 0.5) is 0 Å². The molecule has 36 heavy (non-hydrogen) atoms. The fourth-order valence-electron chi connectivity index (χ4n) is 4.57. The summed E-state index contributed by atoms with van der Waals surface area (Å²) in [5, 5.41) is 2.60. The first kappa shape index (κ1) is 25.6. The number of hydrogen-bond donors (Lipinski definition) is 0. The number of carbonyl (C=O) groups is 3. The van der Waals surface area contributed by atoms with E-state index in [0.717, 1.165) is 11.3 Å². The van der Waals surface area contributed by atoms with Gasteiger partial charge in [0.15, 0.2) is 5.17 Å². The lowest BCUT2D eigenvalue weighted by Gasteiger charge is -2.38. The molecule has 1 aromatic carbocycles. The molecular formula is C26H30N4O5S. The van der Waals surface area contributed by atoms with Gasteiger partial charge in [0.1, 0.15) is 12.4 Å². The molecule has 0 spiro atoms. The van der Waals surface area contributed by atoms with Gasteiger partial charge in [-0.2, -0.15) is 0 Å². The fraction of sp³-hybridized carbons (Fsp3) is 0.385. The molecule has 1 fully saturated rings. The van der Waals surface area contributed by atoms with E-state index in [4.69, 9.17) is 9.47 Å². The average Bonchev–Trinajstić information content (AvgIpc) is 3.28. The van der Waals surface area contributed by atoms with E-state index >= 15 is 0 Å². The first-order valence-electron chi connectivity index (χ1n) is 11.7. The number of methoxy groups -OCH3 is 1. The number of nitrogens with zero attached hydrogens (tertiary/aromatic N) is 4. The number of benzene rings is 1. The van der Waals surface area contributed by atoms with Crippen LogP contribution in [0, 0.1) is 0 Å². The third-order valence-corrected chi connectivity index (χ3v) is 7.29. The number of rotatable bonds is 7. The second-order valence-electron chi connectivity index (χ2n) is 8.59. The molecule has 3 aliphatic heterocycles. The summed E-state index contributed by atoms with van der Waals surface area (Å²) < 4.78 is 11.1. The molecule has 1 saturated heterocycles. The van der Waals surface area contributed by atoms with E-state index in [0.29, 0.717) is 48.4 Å². The van der Waals surface area contributed by atoms with Crippen LogP contribution in [0.3, 0.4) is 0 Å². The Labute approximate surface area is 215 Å². The maximum absolute atomic E-state index is 13.3. The Morgan fingerprint density at radius 2 is 1.86 bits per heavy atom. The zero-order valence-corrected chi connectivity index (χ0v) is 21.5. The lowest BCUT2D eigenvalue weighted by molar-refractivity contribution is -0.138. The number of amidine groups is 1. The summed E-state index contributed by atoms with van der Waals surface area (Å²) in [6, 6.07) is 6.93. The van der Waals surface area contributed by atoms with E-state index < -0.39 is 12.0 Å². The van der Waals surface area contributed by atoms with Crippen LogP contribution in [0.1, 0.15) is 31.9 Å². The van der Waals surface area contributed by atoms with Crippen molar-refractivity contribution in [3.05, 3.63) is 64.9 Å². The van der Waals surface area contributed by atoms with Crippen molar-refractivity contribution >= 4 is 34.7 Å². The summed E-state index contributed by atoms with van der Waals surface area (Å²) >= 11 is 1.42. The lowest BCUT2D eigenvalue weighted by atomic mass is 9.93. The third kappa shape index (κ3) is 5.04. The molecule has 190 valence electrons. The molecule has 9 nitrogen and oxygen atoms in total. The molecule has 0 aromatic heterocycles. The molecule has 0 radical (unpaired) electrons. The smallest absolute Gasteiger partial charge is 0.338 e. The molecule has 2 amide bonds. The standard InChI is InChI=1S/C26H30N4O5S/c1-5-14-35-25(33)23-17(2)27-26-30(24(23)20-8-6-7-9-21(20)34-4)19(16-36-26)15-22(32)29-12-10-28(11-13-29)18(3)31/h5-9,16,24H,1,10-15H2,2-4H3. The van der Waals surface area contributed by atoms with E-state index in [1.54, 1.807) is 30.8 Å². The van der Waals surface area contributed by atoms with Crippen molar-refractivity contribution in [2.75, 3.05) is 39.9 Å². The number of para-hydroxylation sites is 1. The average molecular weight is 511 g/mol. The van der Waals surface area contributed by atoms with Gasteiger partial charge in [-0.3, -0.25) is 9.59 Å². The number of piperazine rings is 1. The molecule has 0 N–H and O–H groups in total. The van der Waals surface area contributed by atoms with Gasteiger partial charge in [0, 0.05) is 44.4 Å². The number of hydrogen-bond acceptors (Lipinski definition) is 8. The quantitative estimate of drug-likeness (QED) is 0.411. The molecule has 1 unspecified atom stereocenters. The van der Waals surface area contributed by atoms with Crippen LogP contribution in [0.2, 0.25) is 0 Å². The summed E-state index contributed by atoms with van der Waals surface area (Å²) in [6.45, 7) is 9.07. The number of ether oxygens (including phenoxy) is 2. The highest BCUT2D eigenvalue weighted by atomic mass is 32.2. The number of aliphatic imine (C=N–C) groups is 1. The Morgan fingerprint density at radius 3 is 2.53 bits per heavy atom. The summed E-state index contributed by atoms with van der Waals surface area (Å²) in [7, 11) is 1.59. The highest BCUT2D eigenvalue weighted by Gasteiger charge is 2.42. The van der Waals surface area contributed by atoms with Crippen molar-refractivity contribution in [3.63, 3.8) is 0 Å². The first-order chi connectivity index (χ1) is 17.3. The normalized spacial score (nSPS) is 19.4. The highest BCUT2D eigenvalue weighted by molar-refractivity contribution is 8.16. The summed E-state index contributed by atoms with van der Waals surface area (Å²) in [5.41, 5.74) is 2.46. The molecular weight excluding hydrogens is 480 g/mol. The van der Waals surface area contributed by atoms with Gasteiger partial charge in [0.05, 0.1) is 30.8 Å². The van der Waals surface area contributed by atoms with Crippen LogP contribution in [0.5, 0.6) is 5.75 Å². The highest BCUT2D eigenvalue weighted by Crippen LogP contribution is 2.47. The second-order valence-corrected chi connectivity index (χ2v) is 9.42. The van der Waals surface area contributed by atoms with Crippen LogP contribution in [-0.4, -0.2) is 77.5 Å². The Balaban J connectivity index is 1.65. The van der Waals surface area contributed by atoms with Crippen LogP contribution in [0.15, 0.2) is 64.3 Å². The van der Waals surface area contributed by atoms with Crippen LogP contribution in [-0.2, 0) is 19.1 Å². The van der Waals surface area contributed by atoms with Crippen LogP contribution >= 0.6 is 11.8 Å². The van der Waals surface area contributed by atoms with E-state index in [-0.39, 0.29) is 24.8 Å². The van der Waals surface area contributed by atoms with Crippen molar-refractivity contribution in [1.29, 1.82) is 0 Å². The molecule has 0 bridgehead atoms. The van der Waals surface area contributed by atoms with E-state index in [9.17, 15) is 14.4 Å². The lowest BCUT2D eigenvalue weighted by Crippen LogP contribution is -2.50. The largest absolute Gasteiger partial charge is 0.496 e. The molecule has 3 heterocycles. The minimum absolute atomic E-state index is 0.0175. The minimum Gasteiger partial charge on any atom is -0.496 e. The summed E-state index contributed by atoms with van der Waals surface area (Å²) in [4.78, 5) is 48.3. The van der Waals surface area contributed by atoms with Crippen molar-refractivity contribution in [3.8, 4) is 5.75 Å². The maximum atomic E-state index is 13.3. The van der Waals surface area contributed by atoms with Gasteiger partial charge in [-0.15, -0.1) is 0 Å². The number of esters is 1. The number of thioether (sulfide) groups is 1. The zero-order valence-electron chi connectivity index (χ0n) is 20.7. The predicted octanol–water partition coefficient (Wildman–Crippen LogP) is 3.08. The number of allylic oxidation sites excluding steroid dienone is 1. The number of carbonyl (C=O) groups excluding carboxylic acids is 3. The SMILES string of the molecule is C=CCOC(=O)C1=C(C)N=C2SC=C(CC(=O)N3CCN(C(C)=O)CC3)N2C1c1ccccc1OC. The summed E-state index contributed by atoms with van der Waals surface area (Å²) in [5.74, 6) is 0.110. The van der Waals surface area contributed by atoms with Crippen molar-refractivity contribution in [1.82, 2.24) is 14.7 Å². The van der Waals surface area contributed by atoms with Crippen molar-refractivity contribution in [2.45, 2.75) is 26.3 Å². The van der Waals surface area contributed by atoms with Gasteiger partial charge in [0.2, 0.25) is 11.8 Å². The van der Waals surface area contributed by atoms with Crippen molar-refractivity contribution in [2.24, 2.45) is 4.99 Å². The Kier molecular flexibility index (Phi) is 7.83. The van der Waals surface area contributed by atoms with Gasteiger partial charge in [-0.25, -0.2) is 9.79 Å². The van der Waals surface area contributed by atoms with Crippen LogP contribution < -0.4 is 4.74 Å². The Hall–Kier alpha value is -3.53. The Morgan fingerprint density at radius 1 is 1.17 bits per heavy atom. The first-order valence-corrected chi connectivity index (χ1v) is 12.6. The van der Waals surface area contributed by atoms with Crippen molar-refractivity contribution < 1.29 is 23.9 Å². The second kappa shape index (κ2) is 11.0.